The van der Waals surface area contributed by atoms with Gasteiger partial charge in [-0.25, -0.2) is 4.99 Å². The van der Waals surface area contributed by atoms with Gasteiger partial charge in [0.2, 0.25) is 11.8 Å². The fraction of sp³-hybridized carbons (Fsp3) is 0.591. The summed E-state index contributed by atoms with van der Waals surface area (Å²) >= 11 is 0. The van der Waals surface area contributed by atoms with Crippen LogP contribution in [0, 0.1) is 5.92 Å². The lowest BCUT2D eigenvalue weighted by Gasteiger charge is -2.20. The first-order chi connectivity index (χ1) is 13.9. The average molecular weight is 529 g/mol. The number of amides is 2. The SMILES string of the molecule is CCCC(=O)Nc1ccc(CN=C(NCC)NC2CCN(C(=O)C(C)C)C2)cc1.I. The highest BCUT2D eigenvalue weighted by Crippen LogP contribution is 2.13. The van der Waals surface area contributed by atoms with Crippen LogP contribution in [-0.4, -0.2) is 48.3 Å². The fourth-order valence-corrected chi connectivity index (χ4v) is 3.27. The number of benzene rings is 1. The molecule has 168 valence electrons. The second-order valence-corrected chi connectivity index (χ2v) is 7.76. The minimum absolute atomic E-state index is 0. The van der Waals surface area contributed by atoms with E-state index in [1.165, 1.54) is 0 Å². The molecule has 30 heavy (non-hydrogen) atoms. The standard InChI is InChI=1S/C22H35N5O2.HI/c1-5-7-20(28)25-18-10-8-17(9-11-18)14-24-22(23-6-2)26-19-12-13-27(15-19)21(29)16(3)4;/h8-11,16,19H,5-7,12-15H2,1-4H3,(H,25,28)(H2,23,24,26);1H. The van der Waals surface area contributed by atoms with Crippen LogP contribution in [0.1, 0.15) is 52.5 Å². The maximum atomic E-state index is 12.2. The third-order valence-electron chi connectivity index (χ3n) is 4.81. The lowest BCUT2D eigenvalue weighted by atomic mass is 10.2. The van der Waals surface area contributed by atoms with Crippen molar-refractivity contribution in [2.75, 3.05) is 25.0 Å². The van der Waals surface area contributed by atoms with Crippen molar-refractivity contribution < 1.29 is 9.59 Å². The van der Waals surface area contributed by atoms with E-state index < -0.39 is 0 Å². The first-order valence-electron chi connectivity index (χ1n) is 10.6. The largest absolute Gasteiger partial charge is 0.357 e. The van der Waals surface area contributed by atoms with Crippen molar-refractivity contribution >= 4 is 47.4 Å². The number of rotatable bonds is 8. The number of hydrogen-bond acceptors (Lipinski definition) is 3. The van der Waals surface area contributed by atoms with E-state index in [2.05, 4.69) is 20.9 Å². The van der Waals surface area contributed by atoms with Gasteiger partial charge in [0.15, 0.2) is 5.96 Å². The highest BCUT2D eigenvalue weighted by atomic mass is 127. The molecule has 0 aromatic heterocycles. The van der Waals surface area contributed by atoms with E-state index in [4.69, 9.17) is 0 Å². The van der Waals surface area contributed by atoms with Crippen LogP contribution in [0.25, 0.3) is 0 Å². The monoisotopic (exact) mass is 529 g/mol. The number of anilines is 1. The molecule has 7 nitrogen and oxygen atoms in total. The highest BCUT2D eigenvalue weighted by molar-refractivity contribution is 14.0. The van der Waals surface area contributed by atoms with Crippen LogP contribution in [0.15, 0.2) is 29.3 Å². The third kappa shape index (κ3) is 8.49. The molecule has 0 aliphatic carbocycles. The Labute approximate surface area is 197 Å². The molecule has 1 aromatic rings. The fourth-order valence-electron chi connectivity index (χ4n) is 3.27. The zero-order valence-electron chi connectivity index (χ0n) is 18.5. The molecule has 1 saturated heterocycles. The summed E-state index contributed by atoms with van der Waals surface area (Å²) in [5, 5.41) is 9.62. The lowest BCUT2D eigenvalue weighted by molar-refractivity contribution is -0.133. The van der Waals surface area contributed by atoms with Gasteiger partial charge in [0, 0.05) is 43.7 Å². The number of halogens is 1. The van der Waals surface area contributed by atoms with Gasteiger partial charge in [-0.1, -0.05) is 32.9 Å². The number of likely N-dealkylation sites (tertiary alicyclic amines) is 1. The molecule has 1 aromatic carbocycles. The van der Waals surface area contributed by atoms with Crippen LogP contribution in [0.2, 0.25) is 0 Å². The number of carbonyl (C=O) groups is 2. The van der Waals surface area contributed by atoms with Crippen LogP contribution >= 0.6 is 24.0 Å². The van der Waals surface area contributed by atoms with Crippen molar-refractivity contribution in [2.45, 2.75) is 59.5 Å². The molecule has 3 N–H and O–H groups in total. The molecule has 0 saturated carbocycles. The van der Waals surface area contributed by atoms with Crippen LogP contribution in [0.4, 0.5) is 5.69 Å². The quantitative estimate of drug-likeness (QED) is 0.274. The Hall–Kier alpha value is -1.84. The summed E-state index contributed by atoms with van der Waals surface area (Å²) < 4.78 is 0. The van der Waals surface area contributed by atoms with Gasteiger partial charge in [-0.3, -0.25) is 9.59 Å². The third-order valence-corrected chi connectivity index (χ3v) is 4.81. The number of carbonyl (C=O) groups excluding carboxylic acids is 2. The van der Waals surface area contributed by atoms with E-state index in [9.17, 15) is 9.59 Å². The first kappa shape index (κ1) is 26.2. The average Bonchev–Trinajstić information content (AvgIpc) is 3.15. The van der Waals surface area contributed by atoms with Gasteiger partial charge >= 0.3 is 0 Å². The molecule has 1 heterocycles. The topological polar surface area (TPSA) is 85.8 Å². The molecule has 1 aliphatic heterocycles. The minimum Gasteiger partial charge on any atom is -0.357 e. The van der Waals surface area contributed by atoms with Gasteiger partial charge in [-0.15, -0.1) is 24.0 Å². The maximum absolute atomic E-state index is 12.2. The van der Waals surface area contributed by atoms with Crippen LogP contribution < -0.4 is 16.0 Å². The van der Waals surface area contributed by atoms with E-state index >= 15 is 0 Å². The first-order valence-corrected chi connectivity index (χ1v) is 10.6. The van der Waals surface area contributed by atoms with Crippen molar-refractivity contribution in [3.8, 4) is 0 Å². The second kappa shape index (κ2) is 13.5. The summed E-state index contributed by atoms with van der Waals surface area (Å²) in [7, 11) is 0. The number of aliphatic imine (C=N–C) groups is 1. The molecule has 2 rings (SSSR count). The maximum Gasteiger partial charge on any atom is 0.225 e. The predicted octanol–water partition coefficient (Wildman–Crippen LogP) is 3.36. The Kier molecular flexibility index (Phi) is 11.8. The summed E-state index contributed by atoms with van der Waals surface area (Å²) in [6.07, 6.45) is 2.30. The van der Waals surface area contributed by atoms with Crippen molar-refractivity contribution in [1.29, 1.82) is 0 Å². The molecule has 0 radical (unpaired) electrons. The van der Waals surface area contributed by atoms with E-state index in [1.54, 1.807) is 0 Å². The molecule has 0 bridgehead atoms. The molecule has 1 atom stereocenters. The Morgan fingerprint density at radius 1 is 1.20 bits per heavy atom. The van der Waals surface area contributed by atoms with Gasteiger partial charge in [0.25, 0.3) is 0 Å². The van der Waals surface area contributed by atoms with Gasteiger partial charge < -0.3 is 20.9 Å². The summed E-state index contributed by atoms with van der Waals surface area (Å²) in [5.74, 6) is 1.04. The molecule has 0 spiro atoms. The molecule has 8 heteroatoms. The lowest BCUT2D eigenvalue weighted by Crippen LogP contribution is -2.45. The molecule has 2 amide bonds. The van der Waals surface area contributed by atoms with Gasteiger partial charge in [-0.2, -0.15) is 0 Å². The Morgan fingerprint density at radius 3 is 2.50 bits per heavy atom. The smallest absolute Gasteiger partial charge is 0.225 e. The summed E-state index contributed by atoms with van der Waals surface area (Å²) in [4.78, 5) is 30.5. The second-order valence-electron chi connectivity index (χ2n) is 7.76. The molecule has 1 aliphatic rings. The van der Waals surface area contributed by atoms with E-state index in [-0.39, 0.29) is 47.8 Å². The van der Waals surface area contributed by atoms with Gasteiger partial charge in [0.05, 0.1) is 6.54 Å². The van der Waals surface area contributed by atoms with Crippen molar-refractivity contribution in [3.63, 3.8) is 0 Å². The van der Waals surface area contributed by atoms with Gasteiger partial charge in [-0.05, 0) is 37.5 Å². The van der Waals surface area contributed by atoms with Crippen LogP contribution in [-0.2, 0) is 16.1 Å². The predicted molar refractivity (Wildman–Crippen MR) is 133 cm³/mol. The van der Waals surface area contributed by atoms with E-state index in [0.29, 0.717) is 19.5 Å². The Bertz CT molecular complexity index is 706. The number of nitrogens with one attached hydrogen (secondary N) is 3. The Morgan fingerprint density at radius 2 is 1.90 bits per heavy atom. The van der Waals surface area contributed by atoms with E-state index in [1.807, 2.05) is 56.9 Å². The number of nitrogens with zero attached hydrogens (tertiary/aromatic N) is 2. The molecular formula is C22H36IN5O2. The zero-order valence-corrected chi connectivity index (χ0v) is 20.9. The zero-order chi connectivity index (χ0) is 21.2. The normalized spacial score (nSPS) is 16.2. The van der Waals surface area contributed by atoms with Gasteiger partial charge in [0.1, 0.15) is 0 Å². The number of guanidine groups is 1. The minimum atomic E-state index is 0. The summed E-state index contributed by atoms with van der Waals surface area (Å²) in [5.41, 5.74) is 1.88. The van der Waals surface area contributed by atoms with Crippen LogP contribution in [0.5, 0.6) is 0 Å². The summed E-state index contributed by atoms with van der Waals surface area (Å²) in [6, 6.07) is 7.99. The number of hydrogen-bond donors (Lipinski definition) is 3. The van der Waals surface area contributed by atoms with E-state index in [0.717, 1.165) is 43.1 Å². The van der Waals surface area contributed by atoms with Crippen molar-refractivity contribution in [2.24, 2.45) is 10.9 Å². The molecular weight excluding hydrogens is 493 g/mol. The van der Waals surface area contributed by atoms with Crippen LogP contribution in [0.3, 0.4) is 0 Å². The highest BCUT2D eigenvalue weighted by Gasteiger charge is 2.27. The molecule has 1 fully saturated rings. The summed E-state index contributed by atoms with van der Waals surface area (Å²) in [6.45, 7) is 10.7. The van der Waals surface area contributed by atoms with Crippen molar-refractivity contribution in [3.05, 3.63) is 29.8 Å². The van der Waals surface area contributed by atoms with Crippen molar-refractivity contribution in [1.82, 2.24) is 15.5 Å². The molecule has 1 unspecified atom stereocenters. The Balaban J connectivity index is 0.00000450.